The predicted octanol–water partition coefficient (Wildman–Crippen LogP) is 0.168. The number of ether oxygens (including phenoxy) is 1. The van der Waals surface area contributed by atoms with Crippen molar-refractivity contribution in [3.63, 3.8) is 0 Å². The summed E-state index contributed by atoms with van der Waals surface area (Å²) in [7, 11) is 1.29. The Kier molecular flexibility index (Phi) is 4.62. The van der Waals surface area contributed by atoms with Gasteiger partial charge in [-0.2, -0.15) is 0 Å². The fourth-order valence-electron chi connectivity index (χ4n) is 1.56. The minimum atomic E-state index is -1.24. The van der Waals surface area contributed by atoms with Gasteiger partial charge in [-0.05, 0) is 30.2 Å². The maximum Gasteiger partial charge on any atom is 0.337 e. The van der Waals surface area contributed by atoms with E-state index in [2.05, 4.69) is 4.74 Å². The number of rotatable bonds is 4. The van der Waals surface area contributed by atoms with Gasteiger partial charge in [0.2, 0.25) is 0 Å². The van der Waals surface area contributed by atoms with Crippen LogP contribution in [-0.4, -0.2) is 41.1 Å². The summed E-state index contributed by atoms with van der Waals surface area (Å²) in [6, 6.07) is 4.60. The summed E-state index contributed by atoms with van der Waals surface area (Å²) in [5.41, 5.74) is 1.49. The number of esters is 1. The molecule has 0 amide bonds. The van der Waals surface area contributed by atoms with Crippen LogP contribution in [0.5, 0.6) is 0 Å². The first kappa shape index (κ1) is 13.6. The lowest BCUT2D eigenvalue weighted by Gasteiger charge is -2.18. The lowest BCUT2D eigenvalue weighted by Crippen LogP contribution is -2.22. The number of aliphatic hydroxyl groups excluding tert-OH is 3. The first-order chi connectivity index (χ1) is 8.01. The van der Waals surface area contributed by atoms with E-state index in [9.17, 15) is 15.0 Å². The van der Waals surface area contributed by atoms with Gasteiger partial charge in [-0.15, -0.1) is 0 Å². The second-order valence-electron chi connectivity index (χ2n) is 3.76. The number of carbonyl (C=O) groups excluding carboxylic acids is 1. The lowest BCUT2D eigenvalue weighted by atomic mass is 9.97. The van der Waals surface area contributed by atoms with E-state index in [1.807, 2.05) is 0 Å². The van der Waals surface area contributed by atoms with Crippen LogP contribution in [0.3, 0.4) is 0 Å². The van der Waals surface area contributed by atoms with Gasteiger partial charge in [0.25, 0.3) is 0 Å². The summed E-state index contributed by atoms with van der Waals surface area (Å²) in [4.78, 5) is 11.3. The zero-order valence-corrected chi connectivity index (χ0v) is 9.75. The van der Waals surface area contributed by atoms with E-state index in [-0.39, 0.29) is 0 Å². The van der Waals surface area contributed by atoms with Gasteiger partial charge in [0.05, 0.1) is 19.3 Å². The highest BCUT2D eigenvalue weighted by atomic mass is 16.5. The van der Waals surface area contributed by atoms with E-state index >= 15 is 0 Å². The third-order valence-corrected chi connectivity index (χ3v) is 2.56. The summed E-state index contributed by atoms with van der Waals surface area (Å²) in [5, 5.41) is 27.8. The standard InChI is InChI=1S/C12H16O5/c1-7-5-8(12(16)17-2)3-4-9(7)11(15)10(14)6-13/h3-5,10-11,13-15H,6H2,1-2H3. The average Bonchev–Trinajstić information content (AvgIpc) is 2.35. The maximum atomic E-state index is 11.3. The molecule has 0 saturated carbocycles. The van der Waals surface area contributed by atoms with E-state index < -0.39 is 24.8 Å². The van der Waals surface area contributed by atoms with E-state index in [1.54, 1.807) is 13.0 Å². The first-order valence-corrected chi connectivity index (χ1v) is 5.17. The molecule has 0 bridgehead atoms. The van der Waals surface area contributed by atoms with Crippen LogP contribution < -0.4 is 0 Å². The van der Waals surface area contributed by atoms with Crippen molar-refractivity contribution in [2.45, 2.75) is 19.1 Å². The van der Waals surface area contributed by atoms with Gasteiger partial charge in [0, 0.05) is 0 Å². The Hall–Kier alpha value is -1.43. The van der Waals surface area contributed by atoms with E-state index in [0.29, 0.717) is 16.7 Å². The second-order valence-corrected chi connectivity index (χ2v) is 3.76. The molecule has 17 heavy (non-hydrogen) atoms. The van der Waals surface area contributed by atoms with Gasteiger partial charge < -0.3 is 20.1 Å². The van der Waals surface area contributed by atoms with Crippen molar-refractivity contribution in [1.82, 2.24) is 0 Å². The number of hydrogen-bond acceptors (Lipinski definition) is 5. The lowest BCUT2D eigenvalue weighted by molar-refractivity contribution is -0.0155. The molecule has 2 unspecified atom stereocenters. The quantitative estimate of drug-likeness (QED) is 0.653. The minimum absolute atomic E-state index is 0.374. The third-order valence-electron chi connectivity index (χ3n) is 2.56. The summed E-state index contributed by atoms with van der Waals surface area (Å²) in [6.45, 7) is 1.18. The van der Waals surface area contributed by atoms with Gasteiger partial charge in [-0.1, -0.05) is 6.07 Å². The first-order valence-electron chi connectivity index (χ1n) is 5.17. The Balaban J connectivity index is 3.01. The van der Waals surface area contributed by atoms with Crippen molar-refractivity contribution in [2.75, 3.05) is 13.7 Å². The van der Waals surface area contributed by atoms with Crippen LogP contribution in [0.15, 0.2) is 18.2 Å². The number of aryl methyl sites for hydroxylation is 1. The molecular weight excluding hydrogens is 224 g/mol. The van der Waals surface area contributed by atoms with Gasteiger partial charge >= 0.3 is 5.97 Å². The molecule has 0 aliphatic rings. The molecular formula is C12H16O5. The van der Waals surface area contributed by atoms with Crippen LogP contribution in [0.1, 0.15) is 27.6 Å². The minimum Gasteiger partial charge on any atom is -0.465 e. The highest BCUT2D eigenvalue weighted by molar-refractivity contribution is 5.89. The molecule has 0 saturated heterocycles. The SMILES string of the molecule is COC(=O)c1ccc(C(O)C(O)CO)c(C)c1. The zero-order valence-electron chi connectivity index (χ0n) is 9.75. The fourth-order valence-corrected chi connectivity index (χ4v) is 1.56. The Morgan fingerprint density at radius 3 is 2.53 bits per heavy atom. The predicted molar refractivity (Wildman–Crippen MR) is 60.6 cm³/mol. The van der Waals surface area contributed by atoms with Crippen LogP contribution >= 0.6 is 0 Å². The smallest absolute Gasteiger partial charge is 0.337 e. The van der Waals surface area contributed by atoms with Crippen LogP contribution in [0.2, 0.25) is 0 Å². The number of aliphatic hydroxyl groups is 3. The van der Waals surface area contributed by atoms with Crippen molar-refractivity contribution >= 4 is 5.97 Å². The van der Waals surface area contributed by atoms with E-state index in [0.717, 1.165) is 0 Å². The Morgan fingerprint density at radius 1 is 1.41 bits per heavy atom. The molecule has 0 aromatic heterocycles. The summed E-state index contributed by atoms with van der Waals surface area (Å²) in [5.74, 6) is -0.461. The Labute approximate surface area is 99.3 Å². The van der Waals surface area contributed by atoms with Crippen LogP contribution in [0.25, 0.3) is 0 Å². The molecule has 0 fully saturated rings. The Bertz CT molecular complexity index is 402. The molecule has 1 aromatic rings. The van der Waals surface area contributed by atoms with Crippen LogP contribution in [-0.2, 0) is 4.74 Å². The molecule has 0 radical (unpaired) electrons. The summed E-state index contributed by atoms with van der Waals surface area (Å²) in [6.07, 6.45) is -2.41. The Morgan fingerprint density at radius 2 is 2.06 bits per heavy atom. The van der Waals surface area contributed by atoms with Gasteiger partial charge in [0.1, 0.15) is 12.2 Å². The topological polar surface area (TPSA) is 87.0 Å². The van der Waals surface area contributed by atoms with Crippen molar-refractivity contribution in [2.24, 2.45) is 0 Å². The number of methoxy groups -OCH3 is 1. The third kappa shape index (κ3) is 3.03. The monoisotopic (exact) mass is 240 g/mol. The van der Waals surface area contributed by atoms with Crippen molar-refractivity contribution < 1.29 is 24.9 Å². The van der Waals surface area contributed by atoms with Gasteiger partial charge in [-0.3, -0.25) is 0 Å². The molecule has 1 rings (SSSR count). The van der Waals surface area contributed by atoms with Gasteiger partial charge in [-0.25, -0.2) is 4.79 Å². The van der Waals surface area contributed by atoms with Crippen molar-refractivity contribution in [1.29, 1.82) is 0 Å². The normalized spacial score (nSPS) is 14.2. The van der Waals surface area contributed by atoms with Crippen molar-refractivity contribution in [3.8, 4) is 0 Å². The van der Waals surface area contributed by atoms with Crippen molar-refractivity contribution in [3.05, 3.63) is 34.9 Å². The molecule has 0 spiro atoms. The molecule has 5 heteroatoms. The van der Waals surface area contributed by atoms with E-state index in [1.165, 1.54) is 19.2 Å². The van der Waals surface area contributed by atoms with E-state index in [4.69, 9.17) is 5.11 Å². The molecule has 1 aromatic carbocycles. The molecule has 0 aliphatic carbocycles. The molecule has 5 nitrogen and oxygen atoms in total. The summed E-state index contributed by atoms with van der Waals surface area (Å²) < 4.78 is 4.57. The maximum absolute atomic E-state index is 11.3. The van der Waals surface area contributed by atoms with Crippen LogP contribution in [0.4, 0.5) is 0 Å². The summed E-state index contributed by atoms with van der Waals surface area (Å²) >= 11 is 0. The molecule has 3 N–H and O–H groups in total. The number of benzene rings is 1. The molecule has 94 valence electrons. The number of carbonyl (C=O) groups is 1. The molecule has 0 aliphatic heterocycles. The number of hydrogen-bond donors (Lipinski definition) is 3. The highest BCUT2D eigenvalue weighted by Crippen LogP contribution is 2.22. The largest absolute Gasteiger partial charge is 0.465 e. The molecule has 2 atom stereocenters. The fraction of sp³-hybridized carbons (Fsp3) is 0.417. The molecule has 0 heterocycles. The average molecular weight is 240 g/mol. The van der Waals surface area contributed by atoms with Gasteiger partial charge in [0.15, 0.2) is 0 Å². The zero-order chi connectivity index (χ0) is 13.0. The second kappa shape index (κ2) is 5.77. The van der Waals surface area contributed by atoms with Crippen LogP contribution in [0, 0.1) is 6.92 Å². The highest BCUT2D eigenvalue weighted by Gasteiger charge is 2.20.